The quantitative estimate of drug-likeness (QED) is 0.292. The number of anilines is 1. The number of nitrogens with zero attached hydrogens (tertiary/aromatic N) is 5. The maximum Gasteiger partial charge on any atom is 0.417 e. The Balaban J connectivity index is 1.74. The van der Waals surface area contributed by atoms with Crippen LogP contribution in [0.4, 0.5) is 19.0 Å². The number of hydrogen-bond acceptors (Lipinski definition) is 6. The zero-order chi connectivity index (χ0) is 27.7. The van der Waals surface area contributed by atoms with Crippen molar-refractivity contribution in [3.8, 4) is 22.9 Å². The molecule has 5 rings (SSSR count). The van der Waals surface area contributed by atoms with E-state index in [1.165, 1.54) is 17.0 Å². The molecule has 1 N–H and O–H groups in total. The van der Waals surface area contributed by atoms with Crippen molar-refractivity contribution in [3.05, 3.63) is 112 Å². The van der Waals surface area contributed by atoms with Crippen molar-refractivity contribution in [1.82, 2.24) is 19.5 Å². The highest BCUT2D eigenvalue weighted by molar-refractivity contribution is 5.96. The topological polar surface area (TPSA) is 96.5 Å². The van der Waals surface area contributed by atoms with Gasteiger partial charge in [0.1, 0.15) is 23.3 Å². The molecular weight excluding hydrogens is 505 g/mol. The predicted octanol–water partition coefficient (Wildman–Crippen LogP) is 6.21. The van der Waals surface area contributed by atoms with Crippen LogP contribution < -0.4 is 10.9 Å². The first kappa shape index (κ1) is 25.6. The van der Waals surface area contributed by atoms with Crippen LogP contribution in [0.25, 0.3) is 27.6 Å². The Morgan fingerprint density at radius 2 is 1.79 bits per heavy atom. The van der Waals surface area contributed by atoms with Crippen LogP contribution in [0, 0.1) is 18.3 Å². The number of alkyl halides is 3. The summed E-state index contributed by atoms with van der Waals surface area (Å²) in [6, 6.07) is 18.4. The highest BCUT2D eigenvalue weighted by atomic mass is 19.4. The molecule has 7 nitrogen and oxygen atoms in total. The van der Waals surface area contributed by atoms with E-state index in [4.69, 9.17) is 0 Å². The highest BCUT2D eigenvalue weighted by Gasteiger charge is 2.31. The van der Waals surface area contributed by atoms with Gasteiger partial charge >= 0.3 is 6.18 Å². The molecule has 39 heavy (non-hydrogen) atoms. The second kappa shape index (κ2) is 10.0. The number of benzene rings is 2. The number of nitrogens with one attached hydrogen (secondary N) is 1. The van der Waals surface area contributed by atoms with Gasteiger partial charge in [0.05, 0.1) is 23.2 Å². The Kier molecular flexibility index (Phi) is 6.58. The van der Waals surface area contributed by atoms with Crippen LogP contribution in [0.5, 0.6) is 0 Å². The van der Waals surface area contributed by atoms with Crippen LogP contribution in [-0.2, 0) is 6.18 Å². The van der Waals surface area contributed by atoms with Gasteiger partial charge in [0.2, 0.25) is 0 Å². The van der Waals surface area contributed by atoms with Gasteiger partial charge in [0, 0.05) is 29.3 Å². The molecule has 194 valence electrons. The van der Waals surface area contributed by atoms with Crippen molar-refractivity contribution >= 4 is 16.6 Å². The second-order valence-corrected chi connectivity index (χ2v) is 8.93. The van der Waals surface area contributed by atoms with Gasteiger partial charge in [-0.3, -0.25) is 14.3 Å². The molecule has 2 aromatic carbocycles. The van der Waals surface area contributed by atoms with Crippen molar-refractivity contribution in [2.45, 2.75) is 26.1 Å². The molecule has 0 radical (unpaired) electrons. The fraction of sp³-hybridized carbons (Fsp3) is 0.138. The normalized spacial score (nSPS) is 12.2. The maximum atomic E-state index is 14.2. The zero-order valence-electron chi connectivity index (χ0n) is 20.9. The van der Waals surface area contributed by atoms with Crippen molar-refractivity contribution in [3.63, 3.8) is 0 Å². The van der Waals surface area contributed by atoms with E-state index in [1.54, 1.807) is 49.4 Å². The van der Waals surface area contributed by atoms with E-state index in [9.17, 15) is 23.2 Å². The van der Waals surface area contributed by atoms with E-state index >= 15 is 0 Å². The molecule has 0 saturated carbocycles. The van der Waals surface area contributed by atoms with E-state index in [0.717, 1.165) is 12.3 Å². The van der Waals surface area contributed by atoms with Crippen LogP contribution in [0.2, 0.25) is 0 Å². The SMILES string of the molecule is Cc1ncc(C#N)c(N[C@@H](C)c2cc3cccc(-c4cncc(C(F)(F)F)c4)c3c(=O)n2-c2ccccc2)n1. The number of fused-ring (bicyclic) bond motifs is 1. The lowest BCUT2D eigenvalue weighted by molar-refractivity contribution is -0.137. The first-order valence-electron chi connectivity index (χ1n) is 11.9. The summed E-state index contributed by atoms with van der Waals surface area (Å²) >= 11 is 0. The van der Waals surface area contributed by atoms with Crippen molar-refractivity contribution in [2.24, 2.45) is 0 Å². The molecule has 0 spiro atoms. The average molecular weight is 527 g/mol. The summed E-state index contributed by atoms with van der Waals surface area (Å²) in [5.41, 5.74) is 0.606. The van der Waals surface area contributed by atoms with Crippen LogP contribution in [0.1, 0.15) is 35.6 Å². The Morgan fingerprint density at radius 3 is 2.51 bits per heavy atom. The average Bonchev–Trinajstić information content (AvgIpc) is 2.93. The zero-order valence-corrected chi connectivity index (χ0v) is 20.9. The Bertz CT molecular complexity index is 1790. The Morgan fingerprint density at radius 1 is 1.03 bits per heavy atom. The molecule has 3 aromatic heterocycles. The van der Waals surface area contributed by atoms with Crippen molar-refractivity contribution in [2.75, 3.05) is 5.32 Å². The molecule has 10 heteroatoms. The van der Waals surface area contributed by atoms with Gasteiger partial charge in [0.25, 0.3) is 5.56 Å². The monoisotopic (exact) mass is 526 g/mol. The summed E-state index contributed by atoms with van der Waals surface area (Å²) in [5.74, 6) is 0.801. The van der Waals surface area contributed by atoms with E-state index in [1.807, 2.05) is 19.1 Å². The van der Waals surface area contributed by atoms with E-state index in [2.05, 4.69) is 26.3 Å². The van der Waals surface area contributed by atoms with Gasteiger partial charge in [-0.05, 0) is 49.1 Å². The van der Waals surface area contributed by atoms with E-state index < -0.39 is 23.3 Å². The first-order valence-corrected chi connectivity index (χ1v) is 11.9. The van der Waals surface area contributed by atoms with Crippen LogP contribution in [-0.4, -0.2) is 19.5 Å². The van der Waals surface area contributed by atoms with Crippen LogP contribution in [0.3, 0.4) is 0 Å². The van der Waals surface area contributed by atoms with Crippen LogP contribution >= 0.6 is 0 Å². The smallest absolute Gasteiger partial charge is 0.361 e. The minimum Gasteiger partial charge on any atom is -0.361 e. The number of para-hydroxylation sites is 1. The van der Waals surface area contributed by atoms with Gasteiger partial charge in [-0.1, -0.05) is 36.4 Å². The van der Waals surface area contributed by atoms with Crippen LogP contribution in [0.15, 0.2) is 84.0 Å². The number of pyridine rings is 2. The lowest BCUT2D eigenvalue weighted by atomic mass is 9.98. The summed E-state index contributed by atoms with van der Waals surface area (Å²) in [6.45, 7) is 3.54. The molecule has 0 bridgehead atoms. The number of hydrogen-bond donors (Lipinski definition) is 1. The molecule has 0 amide bonds. The molecule has 0 aliphatic carbocycles. The predicted molar refractivity (Wildman–Crippen MR) is 141 cm³/mol. The van der Waals surface area contributed by atoms with Crippen molar-refractivity contribution < 1.29 is 13.2 Å². The standard InChI is InChI=1S/C29H21F3N6O/c1-17(36-27-21(13-33)15-35-18(2)37-27)25-12-19-7-6-10-24(20-11-22(16-34-14-20)29(30,31)32)26(19)28(39)38(25)23-8-4-3-5-9-23/h3-12,14-17H,1-2H3,(H,35,36,37)/t17-/m0/s1. The van der Waals surface area contributed by atoms with Gasteiger partial charge in [-0.2, -0.15) is 18.4 Å². The third-order valence-electron chi connectivity index (χ3n) is 6.29. The summed E-state index contributed by atoms with van der Waals surface area (Å²) in [4.78, 5) is 26.4. The summed E-state index contributed by atoms with van der Waals surface area (Å²) < 4.78 is 41.8. The fourth-order valence-corrected chi connectivity index (χ4v) is 4.47. The van der Waals surface area contributed by atoms with Gasteiger partial charge in [-0.25, -0.2) is 9.97 Å². The minimum absolute atomic E-state index is 0.182. The summed E-state index contributed by atoms with van der Waals surface area (Å²) in [6.07, 6.45) is -1.08. The Labute approximate surface area is 221 Å². The van der Waals surface area contributed by atoms with E-state index in [-0.39, 0.29) is 16.5 Å². The third-order valence-corrected chi connectivity index (χ3v) is 6.29. The molecule has 5 aromatic rings. The molecule has 0 fully saturated rings. The number of halogens is 3. The lowest BCUT2D eigenvalue weighted by Gasteiger charge is -2.22. The molecule has 0 aliphatic rings. The minimum atomic E-state index is -4.58. The molecule has 3 heterocycles. The summed E-state index contributed by atoms with van der Waals surface area (Å²) in [5, 5.41) is 13.5. The number of rotatable bonds is 5. The summed E-state index contributed by atoms with van der Waals surface area (Å²) in [7, 11) is 0. The molecule has 0 unspecified atom stereocenters. The lowest BCUT2D eigenvalue weighted by Crippen LogP contribution is -2.26. The van der Waals surface area contributed by atoms with Gasteiger partial charge in [-0.15, -0.1) is 0 Å². The highest BCUT2D eigenvalue weighted by Crippen LogP contribution is 2.34. The van der Waals surface area contributed by atoms with Gasteiger partial charge < -0.3 is 5.32 Å². The Hall–Kier alpha value is -5.04. The fourth-order valence-electron chi connectivity index (χ4n) is 4.47. The number of aromatic nitrogens is 4. The number of nitriles is 1. The third kappa shape index (κ3) is 4.94. The van der Waals surface area contributed by atoms with E-state index in [0.29, 0.717) is 34.0 Å². The second-order valence-electron chi connectivity index (χ2n) is 8.93. The molecule has 0 aliphatic heterocycles. The molecule has 1 atom stereocenters. The molecule has 0 saturated heterocycles. The largest absolute Gasteiger partial charge is 0.417 e. The first-order chi connectivity index (χ1) is 18.7. The molecular formula is C29H21F3N6O. The van der Waals surface area contributed by atoms with Gasteiger partial charge in [0.15, 0.2) is 0 Å². The van der Waals surface area contributed by atoms with Crippen molar-refractivity contribution in [1.29, 1.82) is 5.26 Å². The maximum absolute atomic E-state index is 14.2. The number of aryl methyl sites for hydroxylation is 1.